The molecule has 0 fully saturated rings. The van der Waals surface area contributed by atoms with E-state index in [1.54, 1.807) is 0 Å². The number of hydrogen-bond donors (Lipinski definition) is 0. The highest BCUT2D eigenvalue weighted by Gasteiger charge is 2.10. The van der Waals surface area contributed by atoms with Crippen LogP contribution in [0.5, 0.6) is 0 Å². The van der Waals surface area contributed by atoms with Crippen LogP contribution in [-0.4, -0.2) is 8.52 Å². The Balaban J connectivity index is 1.90. The van der Waals surface area contributed by atoms with Crippen molar-refractivity contribution in [3.05, 3.63) is 91.9 Å². The van der Waals surface area contributed by atoms with Gasteiger partial charge in [0.25, 0.3) is 0 Å². The average Bonchev–Trinajstić information content (AvgIpc) is 2.77. The molecule has 0 atom stereocenters. The summed E-state index contributed by atoms with van der Waals surface area (Å²) in [5, 5.41) is 0. The van der Waals surface area contributed by atoms with E-state index >= 15 is 0 Å². The van der Waals surface area contributed by atoms with Crippen LogP contribution in [0.2, 0.25) is 0 Å². The van der Waals surface area contributed by atoms with Crippen molar-refractivity contribution in [2.75, 3.05) is 0 Å². The van der Waals surface area contributed by atoms with Crippen LogP contribution in [0, 0.1) is 0 Å². The van der Waals surface area contributed by atoms with Crippen molar-refractivity contribution in [2.45, 2.75) is 13.1 Å². The van der Waals surface area contributed by atoms with Crippen molar-refractivity contribution < 1.29 is 0 Å². The van der Waals surface area contributed by atoms with Gasteiger partial charge >= 0.3 is 10.6 Å². The van der Waals surface area contributed by atoms with Crippen LogP contribution in [0.15, 0.2) is 70.3 Å². The third-order valence-corrected chi connectivity index (χ3v) is 4.09. The summed E-state index contributed by atoms with van der Waals surface area (Å²) in [6, 6.07) is 19.2. The van der Waals surface area contributed by atoms with Gasteiger partial charge in [0.1, 0.15) is 0 Å². The number of hydrogen-bond acceptors (Lipinski definition) is 3. The highest BCUT2D eigenvalue weighted by Crippen LogP contribution is 2.03. The summed E-state index contributed by atoms with van der Waals surface area (Å²) in [6.45, 7) is 0.748. The molecule has 0 aliphatic carbocycles. The molecule has 1 heterocycles. The minimum Gasteiger partial charge on any atom is -0.255 e. The van der Waals surface area contributed by atoms with Gasteiger partial charge in [0.2, 0.25) is 0 Å². The minimum atomic E-state index is -0.252. The van der Waals surface area contributed by atoms with E-state index in [-0.39, 0.29) is 10.6 Å². The van der Waals surface area contributed by atoms with Crippen molar-refractivity contribution in [2.24, 2.45) is 0 Å². The fraction of sp³-hybridized carbons (Fsp3) is 0.125. The molecule has 0 spiro atoms. The third-order valence-electron chi connectivity index (χ3n) is 3.21. The Morgan fingerprint density at radius 2 is 1.29 bits per heavy atom. The molecular weight excluding hydrogens is 284 g/mol. The van der Waals surface area contributed by atoms with E-state index in [0.29, 0.717) is 13.1 Å². The van der Waals surface area contributed by atoms with Crippen molar-refractivity contribution in [3.63, 3.8) is 0 Å². The molecule has 0 unspecified atom stereocenters. The molecule has 0 radical (unpaired) electrons. The molecule has 0 saturated carbocycles. The van der Waals surface area contributed by atoms with Crippen molar-refractivity contribution in [1.29, 1.82) is 0 Å². The Bertz CT molecular complexity index is 832. The molecule has 2 aromatic carbocycles. The minimum absolute atomic E-state index is 0.222. The van der Waals surface area contributed by atoms with E-state index in [0.717, 1.165) is 22.7 Å². The number of benzene rings is 2. The zero-order valence-electron chi connectivity index (χ0n) is 11.3. The van der Waals surface area contributed by atoms with E-state index in [4.69, 9.17) is 0 Å². The lowest BCUT2D eigenvalue weighted by atomic mass is 10.2. The first-order chi connectivity index (χ1) is 10.2. The third kappa shape index (κ3) is 3.03. The fourth-order valence-corrected chi connectivity index (χ4v) is 2.96. The second-order valence-electron chi connectivity index (χ2n) is 4.73. The lowest BCUT2D eigenvalue weighted by Gasteiger charge is -2.01. The molecule has 3 rings (SSSR count). The first-order valence-electron chi connectivity index (χ1n) is 6.63. The highest BCUT2D eigenvalue weighted by molar-refractivity contribution is 7.03. The van der Waals surface area contributed by atoms with Crippen molar-refractivity contribution in [1.82, 2.24) is 8.52 Å². The van der Waals surface area contributed by atoms with Crippen LogP contribution in [0.3, 0.4) is 0 Å². The Labute approximate surface area is 125 Å². The Hall–Kier alpha value is -2.40. The van der Waals surface area contributed by atoms with Gasteiger partial charge in [-0.05, 0) is 11.1 Å². The average molecular weight is 298 g/mol. The number of nitrogens with zero attached hydrogens (tertiary/aromatic N) is 2. The summed E-state index contributed by atoms with van der Waals surface area (Å²) in [5.74, 6) is 0. The van der Waals surface area contributed by atoms with Gasteiger partial charge < -0.3 is 0 Å². The van der Waals surface area contributed by atoms with Gasteiger partial charge in [-0.3, -0.25) is 4.79 Å². The van der Waals surface area contributed by atoms with E-state index in [9.17, 15) is 9.59 Å². The van der Waals surface area contributed by atoms with Crippen LogP contribution in [0.4, 0.5) is 0 Å². The summed E-state index contributed by atoms with van der Waals surface area (Å²) in [7, 11) is 0. The maximum Gasteiger partial charge on any atom is 0.341 e. The van der Waals surface area contributed by atoms with Crippen molar-refractivity contribution >= 4 is 11.5 Å². The molecule has 0 aliphatic rings. The molecule has 4 nitrogen and oxygen atoms in total. The van der Waals surface area contributed by atoms with E-state index in [2.05, 4.69) is 0 Å². The largest absolute Gasteiger partial charge is 0.341 e. The molecule has 5 heteroatoms. The van der Waals surface area contributed by atoms with E-state index in [1.165, 1.54) is 8.52 Å². The standard InChI is InChI=1S/C16H14N2O2S/c19-15-17(11-13-7-3-1-4-8-13)16(20)21-18(15)12-14-9-5-2-6-10-14/h1-10H,11-12H2. The normalized spacial score (nSPS) is 10.7. The van der Waals surface area contributed by atoms with Crippen LogP contribution in [-0.2, 0) is 13.1 Å². The summed E-state index contributed by atoms with van der Waals surface area (Å²) in [5.41, 5.74) is 1.70. The van der Waals surface area contributed by atoms with Crippen LogP contribution < -0.4 is 10.6 Å². The molecule has 0 amide bonds. The smallest absolute Gasteiger partial charge is 0.255 e. The molecule has 0 saturated heterocycles. The highest BCUT2D eigenvalue weighted by atomic mass is 32.1. The van der Waals surface area contributed by atoms with E-state index in [1.807, 2.05) is 60.7 Å². The predicted octanol–water partition coefficient (Wildman–Crippen LogP) is 2.17. The quantitative estimate of drug-likeness (QED) is 0.741. The summed E-state index contributed by atoms with van der Waals surface area (Å²) in [6.07, 6.45) is 0. The van der Waals surface area contributed by atoms with Crippen LogP contribution in [0.25, 0.3) is 0 Å². The molecule has 106 valence electrons. The second-order valence-corrected chi connectivity index (χ2v) is 5.71. The summed E-state index contributed by atoms with van der Waals surface area (Å²) < 4.78 is 2.78. The van der Waals surface area contributed by atoms with Gasteiger partial charge in [-0.15, -0.1) is 0 Å². The zero-order valence-corrected chi connectivity index (χ0v) is 12.1. The maximum atomic E-state index is 12.3. The molecule has 3 aromatic rings. The monoisotopic (exact) mass is 298 g/mol. The fourth-order valence-electron chi connectivity index (χ4n) is 2.14. The Kier molecular flexibility index (Phi) is 3.83. The first-order valence-corrected chi connectivity index (χ1v) is 7.40. The van der Waals surface area contributed by atoms with Crippen molar-refractivity contribution in [3.8, 4) is 0 Å². The van der Waals surface area contributed by atoms with Gasteiger partial charge in [-0.1, -0.05) is 60.7 Å². The molecule has 21 heavy (non-hydrogen) atoms. The van der Waals surface area contributed by atoms with Crippen LogP contribution >= 0.6 is 11.5 Å². The zero-order chi connectivity index (χ0) is 14.7. The molecule has 0 aliphatic heterocycles. The lowest BCUT2D eigenvalue weighted by molar-refractivity contribution is 0.685. The molecule has 1 aromatic heterocycles. The lowest BCUT2D eigenvalue weighted by Crippen LogP contribution is -2.29. The summed E-state index contributed by atoms with van der Waals surface area (Å²) in [4.78, 5) is 24.1. The topological polar surface area (TPSA) is 44.0 Å². The first kappa shape index (κ1) is 13.6. The maximum absolute atomic E-state index is 12.3. The van der Waals surface area contributed by atoms with Gasteiger partial charge in [-0.2, -0.15) is 0 Å². The molecular formula is C16H14N2O2S. The predicted molar refractivity (Wildman–Crippen MR) is 83.9 cm³/mol. The van der Waals surface area contributed by atoms with E-state index < -0.39 is 0 Å². The van der Waals surface area contributed by atoms with Gasteiger partial charge in [-0.25, -0.2) is 13.3 Å². The molecule has 0 bridgehead atoms. The number of aromatic nitrogens is 2. The second kappa shape index (κ2) is 5.93. The van der Waals surface area contributed by atoms with Crippen LogP contribution in [0.1, 0.15) is 11.1 Å². The number of rotatable bonds is 4. The van der Waals surface area contributed by atoms with Gasteiger partial charge in [0.15, 0.2) is 0 Å². The summed E-state index contributed by atoms with van der Waals surface area (Å²) >= 11 is 0.967. The SMILES string of the molecule is O=c1sn(Cc2ccccc2)c(=O)n1Cc1ccccc1. The Morgan fingerprint density at radius 3 is 1.86 bits per heavy atom. The van der Waals surface area contributed by atoms with Gasteiger partial charge in [0.05, 0.1) is 13.1 Å². The Morgan fingerprint density at radius 1 is 0.762 bits per heavy atom. The van der Waals surface area contributed by atoms with Gasteiger partial charge in [0, 0.05) is 11.5 Å². The molecule has 0 N–H and O–H groups in total.